The van der Waals surface area contributed by atoms with Crippen molar-refractivity contribution >= 4 is 5.91 Å². The molecule has 110 valence electrons. The zero-order valence-electron chi connectivity index (χ0n) is 12.1. The first-order valence-corrected chi connectivity index (χ1v) is 7.22. The number of carbonyl (C=O) groups excluding carboxylic acids is 1. The Hall–Kier alpha value is -1.62. The molecule has 1 heterocycles. The van der Waals surface area contributed by atoms with Gasteiger partial charge < -0.3 is 15.0 Å². The highest BCUT2D eigenvalue weighted by molar-refractivity contribution is 5.93. The number of aryl methyl sites for hydroxylation is 1. The topological polar surface area (TPSA) is 71.3 Å². The molecule has 20 heavy (non-hydrogen) atoms. The monoisotopic (exact) mass is 278 g/mol. The van der Waals surface area contributed by atoms with Crippen molar-refractivity contribution < 1.29 is 9.90 Å². The predicted molar refractivity (Wildman–Crippen MR) is 77.0 cm³/mol. The van der Waals surface area contributed by atoms with E-state index in [9.17, 15) is 14.7 Å². The summed E-state index contributed by atoms with van der Waals surface area (Å²) in [6.07, 6.45) is 4.64. The molecule has 0 aliphatic heterocycles. The smallest absolute Gasteiger partial charge is 0.256 e. The number of hydrogen-bond donors (Lipinski definition) is 2. The van der Waals surface area contributed by atoms with Crippen LogP contribution in [0.15, 0.2) is 17.1 Å². The average molecular weight is 278 g/mol. The minimum absolute atomic E-state index is 0.188. The summed E-state index contributed by atoms with van der Waals surface area (Å²) in [5.41, 5.74) is 0.844. The van der Waals surface area contributed by atoms with E-state index in [0.29, 0.717) is 25.4 Å². The fourth-order valence-corrected chi connectivity index (χ4v) is 2.21. The van der Waals surface area contributed by atoms with Gasteiger partial charge in [0.25, 0.3) is 5.91 Å². The summed E-state index contributed by atoms with van der Waals surface area (Å²) in [6, 6.07) is 1.96. The van der Waals surface area contributed by atoms with Gasteiger partial charge in [-0.2, -0.15) is 0 Å². The lowest BCUT2D eigenvalue weighted by Crippen LogP contribution is -2.31. The summed E-state index contributed by atoms with van der Waals surface area (Å²) in [4.78, 5) is 23.9. The molecule has 0 saturated heterocycles. The molecule has 1 fully saturated rings. The minimum atomic E-state index is -0.406. The van der Waals surface area contributed by atoms with Gasteiger partial charge in [0.05, 0.1) is 6.10 Å². The molecular weight excluding hydrogens is 256 g/mol. The Morgan fingerprint density at radius 3 is 2.85 bits per heavy atom. The number of carbonyl (C=O) groups is 1. The Morgan fingerprint density at radius 2 is 2.25 bits per heavy atom. The third-order valence-electron chi connectivity index (χ3n) is 3.70. The van der Waals surface area contributed by atoms with Gasteiger partial charge in [0.2, 0.25) is 0 Å². The first kappa shape index (κ1) is 14.8. The molecule has 1 aliphatic rings. The van der Waals surface area contributed by atoms with E-state index in [1.54, 1.807) is 6.20 Å². The first-order valence-electron chi connectivity index (χ1n) is 7.22. The Balaban J connectivity index is 2.05. The van der Waals surface area contributed by atoms with Gasteiger partial charge in [0, 0.05) is 30.5 Å². The number of hydrogen-bond acceptors (Lipinski definition) is 3. The third-order valence-corrected chi connectivity index (χ3v) is 3.70. The Labute approximate surface area is 118 Å². The number of nitrogens with zero attached hydrogens (tertiary/aromatic N) is 1. The normalized spacial score (nSPS) is 15.9. The van der Waals surface area contributed by atoms with Crippen molar-refractivity contribution in [1.82, 2.24) is 9.88 Å². The fourth-order valence-electron chi connectivity index (χ4n) is 2.21. The molecule has 5 heteroatoms. The van der Waals surface area contributed by atoms with E-state index in [-0.39, 0.29) is 16.9 Å². The van der Waals surface area contributed by atoms with Crippen LogP contribution in [0, 0.1) is 6.92 Å². The molecule has 0 radical (unpaired) electrons. The van der Waals surface area contributed by atoms with Crippen molar-refractivity contribution in [1.29, 1.82) is 0 Å². The van der Waals surface area contributed by atoms with Crippen LogP contribution in [-0.2, 0) is 0 Å². The van der Waals surface area contributed by atoms with Crippen LogP contribution in [0.25, 0.3) is 0 Å². The van der Waals surface area contributed by atoms with Gasteiger partial charge in [0.1, 0.15) is 5.56 Å². The van der Waals surface area contributed by atoms with E-state index in [0.717, 1.165) is 18.5 Å². The zero-order chi connectivity index (χ0) is 14.7. The summed E-state index contributed by atoms with van der Waals surface area (Å²) >= 11 is 0. The summed E-state index contributed by atoms with van der Waals surface area (Å²) < 4.78 is 2.01. The van der Waals surface area contributed by atoms with Gasteiger partial charge in [-0.3, -0.25) is 9.59 Å². The van der Waals surface area contributed by atoms with Crippen LogP contribution < -0.4 is 10.7 Å². The minimum Gasteiger partial charge on any atom is -0.393 e. The lowest BCUT2D eigenvalue weighted by Gasteiger charge is -2.12. The Kier molecular flexibility index (Phi) is 4.60. The van der Waals surface area contributed by atoms with Crippen molar-refractivity contribution in [2.45, 2.75) is 51.7 Å². The average Bonchev–Trinajstić information content (AvgIpc) is 3.22. The predicted octanol–water partition coefficient (Wildman–Crippen LogP) is 1.38. The van der Waals surface area contributed by atoms with E-state index in [1.165, 1.54) is 6.07 Å². The molecule has 0 aromatic carbocycles. The molecule has 0 bridgehead atoms. The second-order valence-corrected chi connectivity index (χ2v) is 5.44. The number of amides is 1. The van der Waals surface area contributed by atoms with Crippen molar-refractivity contribution in [2.75, 3.05) is 6.54 Å². The number of pyridine rings is 1. The molecule has 1 saturated carbocycles. The van der Waals surface area contributed by atoms with Gasteiger partial charge in [0.15, 0.2) is 5.43 Å². The summed E-state index contributed by atoms with van der Waals surface area (Å²) in [5.74, 6) is -0.354. The molecule has 1 aliphatic carbocycles. The molecule has 5 nitrogen and oxygen atoms in total. The maximum absolute atomic E-state index is 12.0. The van der Waals surface area contributed by atoms with Gasteiger partial charge in [-0.15, -0.1) is 0 Å². The molecule has 1 unspecified atom stereocenters. The van der Waals surface area contributed by atoms with Crippen LogP contribution in [0.4, 0.5) is 0 Å². The Bertz CT molecular complexity index is 547. The second-order valence-electron chi connectivity index (χ2n) is 5.44. The van der Waals surface area contributed by atoms with Gasteiger partial charge in [-0.1, -0.05) is 6.92 Å². The number of aromatic nitrogens is 1. The van der Waals surface area contributed by atoms with Crippen molar-refractivity contribution in [3.05, 3.63) is 33.7 Å². The molecule has 1 aromatic heterocycles. The lowest BCUT2D eigenvalue weighted by molar-refractivity contribution is 0.0940. The number of aliphatic hydroxyl groups excluding tert-OH is 1. The standard InChI is InChI=1S/C15H22N2O3/c1-3-12(18)6-7-16-15(20)13-9-17(11-4-5-11)10(2)8-14(13)19/h8-9,11-12,18H,3-7H2,1-2H3,(H,16,20). The number of aliphatic hydroxyl groups is 1. The van der Waals surface area contributed by atoms with Gasteiger partial charge in [-0.25, -0.2) is 0 Å². The van der Waals surface area contributed by atoms with E-state index in [1.807, 2.05) is 18.4 Å². The van der Waals surface area contributed by atoms with Gasteiger partial charge >= 0.3 is 0 Å². The largest absolute Gasteiger partial charge is 0.393 e. The van der Waals surface area contributed by atoms with E-state index in [2.05, 4.69) is 5.32 Å². The van der Waals surface area contributed by atoms with Crippen LogP contribution in [0.5, 0.6) is 0 Å². The highest BCUT2D eigenvalue weighted by atomic mass is 16.3. The van der Waals surface area contributed by atoms with E-state index < -0.39 is 6.10 Å². The van der Waals surface area contributed by atoms with E-state index >= 15 is 0 Å². The molecule has 0 spiro atoms. The van der Waals surface area contributed by atoms with Crippen molar-refractivity contribution in [3.8, 4) is 0 Å². The molecule has 1 atom stereocenters. The summed E-state index contributed by atoms with van der Waals surface area (Å²) in [5, 5.41) is 12.1. The Morgan fingerprint density at radius 1 is 1.55 bits per heavy atom. The summed E-state index contributed by atoms with van der Waals surface area (Å²) in [6.45, 7) is 4.16. The second kappa shape index (κ2) is 6.22. The summed E-state index contributed by atoms with van der Waals surface area (Å²) in [7, 11) is 0. The lowest BCUT2D eigenvalue weighted by atomic mass is 10.2. The maximum atomic E-state index is 12.0. The van der Waals surface area contributed by atoms with Crippen LogP contribution in [0.2, 0.25) is 0 Å². The molecular formula is C15H22N2O3. The highest BCUT2D eigenvalue weighted by Crippen LogP contribution is 2.35. The van der Waals surface area contributed by atoms with Crippen molar-refractivity contribution in [2.24, 2.45) is 0 Å². The van der Waals surface area contributed by atoms with Crippen molar-refractivity contribution in [3.63, 3.8) is 0 Å². The molecule has 2 rings (SSSR count). The van der Waals surface area contributed by atoms with E-state index in [4.69, 9.17) is 0 Å². The molecule has 2 N–H and O–H groups in total. The first-order chi connectivity index (χ1) is 9.52. The quantitative estimate of drug-likeness (QED) is 0.826. The third kappa shape index (κ3) is 3.48. The fraction of sp³-hybridized carbons (Fsp3) is 0.600. The number of nitrogens with one attached hydrogen (secondary N) is 1. The molecule has 1 amide bonds. The number of rotatable bonds is 6. The van der Waals surface area contributed by atoms with Gasteiger partial charge in [-0.05, 0) is 32.6 Å². The van der Waals surface area contributed by atoms with Crippen LogP contribution in [0.3, 0.4) is 0 Å². The van der Waals surface area contributed by atoms with Crippen LogP contribution in [0.1, 0.15) is 54.7 Å². The van der Waals surface area contributed by atoms with Crippen LogP contribution in [-0.4, -0.2) is 28.2 Å². The maximum Gasteiger partial charge on any atom is 0.256 e. The van der Waals surface area contributed by atoms with Crippen LogP contribution >= 0.6 is 0 Å². The highest BCUT2D eigenvalue weighted by Gasteiger charge is 2.25. The zero-order valence-corrected chi connectivity index (χ0v) is 12.1. The SMILES string of the molecule is CCC(O)CCNC(=O)c1cn(C2CC2)c(C)cc1=O. The molecule has 1 aromatic rings.